The molecule has 2 fully saturated rings. The van der Waals surface area contributed by atoms with Crippen LogP contribution in [0.3, 0.4) is 0 Å². The molecule has 1 aliphatic carbocycles. The van der Waals surface area contributed by atoms with Crippen LogP contribution in [0.4, 0.5) is 16.0 Å². The van der Waals surface area contributed by atoms with Gasteiger partial charge in [-0.25, -0.2) is 15.0 Å². The van der Waals surface area contributed by atoms with Crippen molar-refractivity contribution in [1.82, 2.24) is 25.4 Å². The van der Waals surface area contributed by atoms with Gasteiger partial charge < -0.3 is 9.80 Å². The second-order valence-electron chi connectivity index (χ2n) is 9.90. The maximum absolute atomic E-state index is 15.4. The standard InChI is InChI=1S/C23H36FN7O4/c1-14-10-30(12-18(14)23(34)29(3)4)21-19(24)20(25-15(2)26-21)27-28-22(33)17(11-31(35)13-32)9-16-7-5-6-8-16/h13-14,16-18,35H,5-12H2,1-4H3,(H,28,33)(H,25,26,27)/t14-,17-,18-/m1/s1. The summed E-state index contributed by atoms with van der Waals surface area (Å²) in [7, 11) is 3.39. The van der Waals surface area contributed by atoms with Crippen molar-refractivity contribution >= 4 is 29.9 Å². The van der Waals surface area contributed by atoms with Gasteiger partial charge in [-0.2, -0.15) is 4.39 Å². The smallest absolute Gasteiger partial charge is 0.243 e. The van der Waals surface area contributed by atoms with Crippen molar-refractivity contribution in [2.75, 3.05) is 44.1 Å². The molecular formula is C23H36FN7O4. The highest BCUT2D eigenvalue weighted by molar-refractivity contribution is 5.81. The average Bonchev–Trinajstić information content (AvgIpc) is 3.47. The van der Waals surface area contributed by atoms with Crippen molar-refractivity contribution in [2.24, 2.45) is 23.7 Å². The molecule has 0 unspecified atom stereocenters. The van der Waals surface area contributed by atoms with Crippen LogP contribution in [0, 0.1) is 36.4 Å². The number of carbonyl (C=O) groups is 3. The predicted octanol–water partition coefficient (Wildman–Crippen LogP) is 1.57. The van der Waals surface area contributed by atoms with Gasteiger partial charge in [0.25, 0.3) is 0 Å². The van der Waals surface area contributed by atoms with E-state index < -0.39 is 17.6 Å². The predicted molar refractivity (Wildman–Crippen MR) is 127 cm³/mol. The lowest BCUT2D eigenvalue weighted by atomic mass is 9.92. The van der Waals surface area contributed by atoms with E-state index in [2.05, 4.69) is 20.8 Å². The van der Waals surface area contributed by atoms with Crippen molar-refractivity contribution in [3.63, 3.8) is 0 Å². The molecule has 2 heterocycles. The van der Waals surface area contributed by atoms with E-state index in [0.717, 1.165) is 25.7 Å². The molecule has 1 saturated carbocycles. The lowest BCUT2D eigenvalue weighted by Crippen LogP contribution is -2.41. The van der Waals surface area contributed by atoms with Gasteiger partial charge in [0.15, 0.2) is 11.6 Å². The monoisotopic (exact) mass is 493 g/mol. The molecule has 1 aromatic heterocycles. The average molecular weight is 494 g/mol. The van der Waals surface area contributed by atoms with E-state index in [1.54, 1.807) is 25.9 Å². The Morgan fingerprint density at radius 1 is 1.26 bits per heavy atom. The second-order valence-corrected chi connectivity index (χ2v) is 9.90. The molecule has 1 aliphatic heterocycles. The lowest BCUT2D eigenvalue weighted by Gasteiger charge is -2.23. The minimum atomic E-state index is -0.731. The summed E-state index contributed by atoms with van der Waals surface area (Å²) in [4.78, 5) is 47.8. The zero-order valence-corrected chi connectivity index (χ0v) is 20.8. The summed E-state index contributed by atoms with van der Waals surface area (Å²) < 4.78 is 15.4. The Labute approximate surface area is 205 Å². The van der Waals surface area contributed by atoms with Gasteiger partial charge in [-0.1, -0.05) is 32.6 Å². The van der Waals surface area contributed by atoms with Crippen LogP contribution in [-0.2, 0) is 14.4 Å². The van der Waals surface area contributed by atoms with E-state index in [1.807, 2.05) is 6.92 Å². The molecule has 1 saturated heterocycles. The number of halogens is 1. The number of hydrazine groups is 1. The minimum Gasteiger partial charge on any atom is -0.353 e. The number of hydrogen-bond donors (Lipinski definition) is 3. The first-order chi connectivity index (χ1) is 16.6. The van der Waals surface area contributed by atoms with Gasteiger partial charge in [0.05, 0.1) is 18.4 Å². The van der Waals surface area contributed by atoms with Crippen LogP contribution in [0.15, 0.2) is 0 Å². The maximum atomic E-state index is 15.4. The summed E-state index contributed by atoms with van der Waals surface area (Å²) in [6, 6.07) is 0. The molecule has 12 heteroatoms. The summed E-state index contributed by atoms with van der Waals surface area (Å²) in [6.45, 7) is 4.21. The Morgan fingerprint density at radius 2 is 1.94 bits per heavy atom. The Kier molecular flexibility index (Phi) is 8.82. The molecule has 35 heavy (non-hydrogen) atoms. The minimum absolute atomic E-state index is 0.0154. The topological polar surface area (TPSA) is 131 Å². The lowest BCUT2D eigenvalue weighted by molar-refractivity contribution is -0.154. The van der Waals surface area contributed by atoms with Crippen LogP contribution in [0.25, 0.3) is 0 Å². The van der Waals surface area contributed by atoms with Crippen LogP contribution in [-0.4, -0.2) is 77.1 Å². The Bertz CT molecular complexity index is 925. The van der Waals surface area contributed by atoms with Crippen molar-refractivity contribution in [2.45, 2.75) is 46.0 Å². The molecule has 3 amide bonds. The highest BCUT2D eigenvalue weighted by Gasteiger charge is 2.38. The van der Waals surface area contributed by atoms with E-state index >= 15 is 4.39 Å². The van der Waals surface area contributed by atoms with Gasteiger partial charge in [0, 0.05) is 27.2 Å². The fraction of sp³-hybridized carbons (Fsp3) is 0.696. The Hall–Kier alpha value is -3.02. The van der Waals surface area contributed by atoms with Gasteiger partial charge >= 0.3 is 0 Å². The van der Waals surface area contributed by atoms with Crippen molar-refractivity contribution < 1.29 is 24.0 Å². The number of aryl methyl sites for hydroxylation is 1. The van der Waals surface area contributed by atoms with Crippen LogP contribution in [0.5, 0.6) is 0 Å². The van der Waals surface area contributed by atoms with Gasteiger partial charge in [0.1, 0.15) is 5.82 Å². The zero-order valence-electron chi connectivity index (χ0n) is 20.8. The fourth-order valence-corrected chi connectivity index (χ4v) is 5.03. The third-order valence-electron chi connectivity index (χ3n) is 6.91. The normalized spacial score (nSPS) is 21.0. The highest BCUT2D eigenvalue weighted by Crippen LogP contribution is 2.32. The van der Waals surface area contributed by atoms with E-state index in [1.165, 1.54) is 4.90 Å². The Balaban J connectivity index is 1.71. The molecule has 1 aromatic rings. The SMILES string of the molecule is Cc1nc(NNC(=O)[C@H](CC2CCCC2)CN(O)C=O)c(F)c(N2C[C@@H](C)[C@H](C(=O)N(C)C)C2)n1. The fourth-order valence-electron chi connectivity index (χ4n) is 5.03. The largest absolute Gasteiger partial charge is 0.353 e. The third kappa shape index (κ3) is 6.56. The van der Waals surface area contributed by atoms with Crippen LogP contribution < -0.4 is 15.8 Å². The number of hydrogen-bond acceptors (Lipinski definition) is 8. The maximum Gasteiger partial charge on any atom is 0.243 e. The number of nitrogens with one attached hydrogen (secondary N) is 2. The van der Waals surface area contributed by atoms with E-state index in [0.29, 0.717) is 36.3 Å². The molecule has 194 valence electrons. The molecule has 0 aromatic carbocycles. The van der Waals surface area contributed by atoms with Gasteiger partial charge in [0.2, 0.25) is 24.0 Å². The van der Waals surface area contributed by atoms with Crippen LogP contribution in [0.2, 0.25) is 0 Å². The number of aromatic nitrogens is 2. The molecule has 3 N–H and O–H groups in total. The van der Waals surface area contributed by atoms with Crippen molar-refractivity contribution in [3.05, 3.63) is 11.6 Å². The molecule has 2 aliphatic rings. The third-order valence-corrected chi connectivity index (χ3v) is 6.91. The molecular weight excluding hydrogens is 457 g/mol. The molecule has 0 bridgehead atoms. The Morgan fingerprint density at radius 3 is 2.57 bits per heavy atom. The van der Waals surface area contributed by atoms with E-state index in [-0.39, 0.29) is 42.3 Å². The summed E-state index contributed by atoms with van der Waals surface area (Å²) >= 11 is 0. The second kappa shape index (κ2) is 11.6. The number of anilines is 2. The molecule has 3 rings (SSSR count). The van der Waals surface area contributed by atoms with Gasteiger partial charge in [-0.05, 0) is 25.2 Å². The zero-order chi connectivity index (χ0) is 25.7. The number of amides is 3. The van der Waals surface area contributed by atoms with Crippen LogP contribution in [0.1, 0.15) is 44.9 Å². The molecule has 11 nitrogen and oxygen atoms in total. The number of rotatable bonds is 10. The van der Waals surface area contributed by atoms with Gasteiger partial charge in [-0.3, -0.25) is 30.4 Å². The number of nitrogens with zero attached hydrogens (tertiary/aromatic N) is 5. The highest BCUT2D eigenvalue weighted by atomic mass is 19.1. The summed E-state index contributed by atoms with van der Waals surface area (Å²) in [5.74, 6) is -1.61. The van der Waals surface area contributed by atoms with E-state index in [4.69, 9.17) is 0 Å². The molecule has 0 radical (unpaired) electrons. The van der Waals surface area contributed by atoms with Crippen molar-refractivity contribution in [1.29, 1.82) is 0 Å². The quantitative estimate of drug-likeness (QED) is 0.254. The van der Waals surface area contributed by atoms with Crippen molar-refractivity contribution in [3.8, 4) is 0 Å². The van der Waals surface area contributed by atoms with E-state index in [9.17, 15) is 19.6 Å². The van der Waals surface area contributed by atoms with Gasteiger partial charge in [-0.15, -0.1) is 0 Å². The number of carbonyl (C=O) groups excluding carboxylic acids is 3. The molecule has 0 spiro atoms. The first kappa shape index (κ1) is 26.6. The molecule has 3 atom stereocenters. The summed E-state index contributed by atoms with van der Waals surface area (Å²) in [6.07, 6.45) is 4.96. The summed E-state index contributed by atoms with van der Waals surface area (Å²) in [5.41, 5.74) is 5.05. The van der Waals surface area contributed by atoms with Crippen LogP contribution >= 0.6 is 0 Å². The first-order valence-corrected chi connectivity index (χ1v) is 12.1. The first-order valence-electron chi connectivity index (χ1n) is 12.1. The summed E-state index contributed by atoms with van der Waals surface area (Å²) in [5, 5.41) is 10.1. The number of hydroxylamine groups is 2.